The summed E-state index contributed by atoms with van der Waals surface area (Å²) in [5, 5.41) is 12.6. The van der Waals surface area contributed by atoms with Crippen LogP contribution in [0.25, 0.3) is 0 Å². The van der Waals surface area contributed by atoms with E-state index in [9.17, 15) is 5.11 Å². The van der Waals surface area contributed by atoms with Gasteiger partial charge in [-0.25, -0.2) is 0 Å². The Morgan fingerprint density at radius 2 is 2.25 bits per heavy atom. The van der Waals surface area contributed by atoms with Crippen molar-refractivity contribution in [2.45, 2.75) is 44.9 Å². The molecule has 0 amide bonds. The summed E-state index contributed by atoms with van der Waals surface area (Å²) in [6.07, 6.45) is 2.55. The van der Waals surface area contributed by atoms with E-state index in [0.717, 1.165) is 32.5 Å². The standard InChI is InChI=1S/C12H26N2O2/c1-10(2)13-11(9-15)4-6-14-7-5-12(8-14)16-3/h10-13,15H,4-9H2,1-3H3. The Kier molecular flexibility index (Phi) is 6.28. The molecule has 1 fully saturated rings. The average Bonchev–Trinajstić information content (AvgIpc) is 2.71. The zero-order valence-electron chi connectivity index (χ0n) is 10.8. The average molecular weight is 230 g/mol. The van der Waals surface area contributed by atoms with Crippen LogP contribution in [-0.2, 0) is 4.74 Å². The number of nitrogens with zero attached hydrogens (tertiary/aromatic N) is 1. The van der Waals surface area contributed by atoms with Gasteiger partial charge in [-0.1, -0.05) is 13.8 Å². The third kappa shape index (κ3) is 4.78. The van der Waals surface area contributed by atoms with Crippen LogP contribution in [0, 0.1) is 0 Å². The van der Waals surface area contributed by atoms with Crippen molar-refractivity contribution in [1.29, 1.82) is 0 Å². The normalized spacial score (nSPS) is 24.2. The molecule has 0 spiro atoms. The third-order valence-electron chi connectivity index (χ3n) is 3.15. The SMILES string of the molecule is COC1CCN(CCC(CO)NC(C)C)C1. The van der Waals surface area contributed by atoms with Gasteiger partial charge >= 0.3 is 0 Å². The van der Waals surface area contributed by atoms with Gasteiger partial charge in [-0.2, -0.15) is 0 Å². The van der Waals surface area contributed by atoms with E-state index in [1.165, 1.54) is 0 Å². The minimum absolute atomic E-state index is 0.222. The van der Waals surface area contributed by atoms with E-state index in [2.05, 4.69) is 24.1 Å². The number of aliphatic hydroxyl groups excluding tert-OH is 1. The van der Waals surface area contributed by atoms with Crippen LogP contribution in [0.2, 0.25) is 0 Å². The van der Waals surface area contributed by atoms with Crippen LogP contribution in [0.4, 0.5) is 0 Å². The first-order chi connectivity index (χ1) is 7.65. The van der Waals surface area contributed by atoms with Gasteiger partial charge in [0, 0.05) is 32.3 Å². The second kappa shape index (κ2) is 7.22. The molecule has 0 bridgehead atoms. The predicted molar refractivity (Wildman–Crippen MR) is 65.6 cm³/mol. The Balaban J connectivity index is 2.17. The molecule has 1 saturated heterocycles. The number of ether oxygens (including phenoxy) is 1. The molecule has 0 aromatic rings. The summed E-state index contributed by atoms with van der Waals surface area (Å²) in [5.41, 5.74) is 0. The van der Waals surface area contributed by atoms with Crippen molar-refractivity contribution < 1.29 is 9.84 Å². The van der Waals surface area contributed by atoms with Gasteiger partial charge in [-0.3, -0.25) is 0 Å². The van der Waals surface area contributed by atoms with Crippen molar-refractivity contribution in [3.05, 3.63) is 0 Å². The highest BCUT2D eigenvalue weighted by Gasteiger charge is 2.22. The number of likely N-dealkylation sites (tertiary alicyclic amines) is 1. The Hall–Kier alpha value is -0.160. The summed E-state index contributed by atoms with van der Waals surface area (Å²) < 4.78 is 5.33. The second-order valence-electron chi connectivity index (χ2n) is 4.94. The molecule has 96 valence electrons. The molecule has 2 unspecified atom stereocenters. The maximum Gasteiger partial charge on any atom is 0.0710 e. The molecule has 16 heavy (non-hydrogen) atoms. The Bertz CT molecular complexity index is 188. The van der Waals surface area contributed by atoms with E-state index in [1.807, 2.05) is 0 Å². The van der Waals surface area contributed by atoms with E-state index in [4.69, 9.17) is 4.74 Å². The summed E-state index contributed by atoms with van der Waals surface area (Å²) >= 11 is 0. The van der Waals surface area contributed by atoms with Crippen molar-refractivity contribution in [1.82, 2.24) is 10.2 Å². The number of methoxy groups -OCH3 is 1. The number of nitrogens with one attached hydrogen (secondary N) is 1. The van der Waals surface area contributed by atoms with Gasteiger partial charge in [0.1, 0.15) is 0 Å². The maximum atomic E-state index is 9.24. The van der Waals surface area contributed by atoms with E-state index in [0.29, 0.717) is 12.1 Å². The molecule has 0 aliphatic carbocycles. The molecule has 4 nitrogen and oxygen atoms in total. The monoisotopic (exact) mass is 230 g/mol. The van der Waals surface area contributed by atoms with Crippen molar-refractivity contribution in [2.24, 2.45) is 0 Å². The van der Waals surface area contributed by atoms with Gasteiger partial charge in [-0.15, -0.1) is 0 Å². The van der Waals surface area contributed by atoms with Crippen molar-refractivity contribution in [3.8, 4) is 0 Å². The van der Waals surface area contributed by atoms with Crippen LogP contribution < -0.4 is 5.32 Å². The highest BCUT2D eigenvalue weighted by Crippen LogP contribution is 2.12. The second-order valence-corrected chi connectivity index (χ2v) is 4.94. The molecule has 0 aromatic heterocycles. The Morgan fingerprint density at radius 3 is 2.75 bits per heavy atom. The number of hydrogen-bond acceptors (Lipinski definition) is 4. The topological polar surface area (TPSA) is 44.7 Å². The molecule has 1 rings (SSSR count). The summed E-state index contributed by atoms with van der Waals surface area (Å²) in [5.74, 6) is 0. The molecule has 1 aliphatic heterocycles. The smallest absolute Gasteiger partial charge is 0.0710 e. The largest absolute Gasteiger partial charge is 0.395 e. The maximum absolute atomic E-state index is 9.24. The lowest BCUT2D eigenvalue weighted by Crippen LogP contribution is -2.40. The highest BCUT2D eigenvalue weighted by molar-refractivity contribution is 4.78. The molecule has 0 saturated carbocycles. The van der Waals surface area contributed by atoms with Crippen LogP contribution in [0.3, 0.4) is 0 Å². The lowest BCUT2D eigenvalue weighted by molar-refractivity contribution is 0.107. The quantitative estimate of drug-likeness (QED) is 0.667. The lowest BCUT2D eigenvalue weighted by Gasteiger charge is -2.22. The molecule has 1 heterocycles. The summed E-state index contributed by atoms with van der Waals surface area (Å²) in [7, 11) is 1.78. The number of hydrogen-bond donors (Lipinski definition) is 2. The van der Waals surface area contributed by atoms with E-state index < -0.39 is 0 Å². The van der Waals surface area contributed by atoms with Gasteiger partial charge in [0.05, 0.1) is 12.7 Å². The minimum Gasteiger partial charge on any atom is -0.395 e. The highest BCUT2D eigenvalue weighted by atomic mass is 16.5. The van der Waals surface area contributed by atoms with Crippen LogP contribution in [0.15, 0.2) is 0 Å². The molecular weight excluding hydrogens is 204 g/mol. The molecule has 2 atom stereocenters. The van der Waals surface area contributed by atoms with E-state index in [-0.39, 0.29) is 12.6 Å². The first kappa shape index (κ1) is 13.9. The fourth-order valence-electron chi connectivity index (χ4n) is 2.23. The fraction of sp³-hybridized carbons (Fsp3) is 1.00. The first-order valence-electron chi connectivity index (χ1n) is 6.27. The zero-order chi connectivity index (χ0) is 12.0. The minimum atomic E-state index is 0.222. The van der Waals surface area contributed by atoms with Gasteiger partial charge in [-0.05, 0) is 19.4 Å². The third-order valence-corrected chi connectivity index (χ3v) is 3.15. The van der Waals surface area contributed by atoms with Gasteiger partial charge in [0.2, 0.25) is 0 Å². The molecule has 1 aliphatic rings. The number of rotatable bonds is 7. The van der Waals surface area contributed by atoms with Crippen molar-refractivity contribution in [3.63, 3.8) is 0 Å². The van der Waals surface area contributed by atoms with Crippen molar-refractivity contribution >= 4 is 0 Å². The van der Waals surface area contributed by atoms with Gasteiger partial charge < -0.3 is 20.1 Å². The summed E-state index contributed by atoms with van der Waals surface area (Å²) in [6.45, 7) is 7.65. The summed E-state index contributed by atoms with van der Waals surface area (Å²) in [6, 6.07) is 0.657. The fourth-order valence-corrected chi connectivity index (χ4v) is 2.23. The van der Waals surface area contributed by atoms with E-state index in [1.54, 1.807) is 7.11 Å². The molecule has 0 radical (unpaired) electrons. The van der Waals surface area contributed by atoms with Crippen molar-refractivity contribution in [2.75, 3.05) is 33.4 Å². The van der Waals surface area contributed by atoms with Crippen LogP contribution in [0.1, 0.15) is 26.7 Å². The predicted octanol–water partition coefficient (Wildman–Crippen LogP) is 0.456. The van der Waals surface area contributed by atoms with Crippen LogP contribution in [-0.4, -0.2) is 61.5 Å². The summed E-state index contributed by atoms with van der Waals surface area (Å²) in [4.78, 5) is 2.42. The lowest BCUT2D eigenvalue weighted by atomic mass is 10.2. The van der Waals surface area contributed by atoms with Crippen LogP contribution >= 0.6 is 0 Å². The van der Waals surface area contributed by atoms with Gasteiger partial charge in [0.15, 0.2) is 0 Å². The molecule has 0 aromatic carbocycles. The Morgan fingerprint density at radius 1 is 1.50 bits per heavy atom. The molecule has 4 heteroatoms. The Labute approximate surface area is 99.0 Å². The van der Waals surface area contributed by atoms with E-state index >= 15 is 0 Å². The zero-order valence-corrected chi connectivity index (χ0v) is 10.8. The number of aliphatic hydroxyl groups is 1. The van der Waals surface area contributed by atoms with Gasteiger partial charge in [0.25, 0.3) is 0 Å². The molecule has 2 N–H and O–H groups in total. The van der Waals surface area contributed by atoms with Crippen LogP contribution in [0.5, 0.6) is 0 Å². The molecular formula is C12H26N2O2. The first-order valence-corrected chi connectivity index (χ1v) is 6.27.